The van der Waals surface area contributed by atoms with Crippen molar-refractivity contribution in [3.63, 3.8) is 0 Å². The lowest BCUT2D eigenvalue weighted by Crippen LogP contribution is -2.60. The number of benzene rings is 2. The van der Waals surface area contributed by atoms with E-state index < -0.39 is 5.41 Å². The van der Waals surface area contributed by atoms with Crippen molar-refractivity contribution in [2.45, 2.75) is 24.2 Å². The third-order valence-corrected chi connectivity index (χ3v) is 7.42. The molecule has 140 valence electrons. The molecule has 1 saturated carbocycles. The van der Waals surface area contributed by atoms with Crippen LogP contribution >= 0.6 is 0 Å². The van der Waals surface area contributed by atoms with Gasteiger partial charge in [0, 0.05) is 30.3 Å². The lowest BCUT2D eigenvalue weighted by atomic mass is 9.42. The molecule has 0 aromatic heterocycles. The van der Waals surface area contributed by atoms with Gasteiger partial charge < -0.3 is 14.8 Å². The number of fused-ring (bicyclic) bond motifs is 1. The molecule has 0 spiro atoms. The maximum atomic E-state index is 13.2. The van der Waals surface area contributed by atoms with Crippen molar-refractivity contribution in [1.29, 1.82) is 0 Å². The second-order valence-corrected chi connectivity index (χ2v) is 8.09. The van der Waals surface area contributed by atoms with Crippen LogP contribution in [0.1, 0.15) is 35.4 Å². The number of hydrogen-bond donors (Lipinski definition) is 1. The van der Waals surface area contributed by atoms with E-state index in [-0.39, 0.29) is 23.2 Å². The largest absolute Gasteiger partial charge is 0.497 e. The summed E-state index contributed by atoms with van der Waals surface area (Å²) in [5.74, 6) is 1.21. The Hall–Kier alpha value is -2.33. The maximum absolute atomic E-state index is 13.2. The maximum Gasteiger partial charge on any atom is 0.314 e. The predicted molar refractivity (Wildman–Crippen MR) is 103 cm³/mol. The minimum Gasteiger partial charge on any atom is -0.497 e. The molecule has 4 nitrogen and oxygen atoms in total. The smallest absolute Gasteiger partial charge is 0.314 e. The van der Waals surface area contributed by atoms with Crippen molar-refractivity contribution in [2.75, 3.05) is 27.3 Å². The first-order chi connectivity index (χ1) is 13.2. The monoisotopic (exact) mass is 363 g/mol. The van der Waals surface area contributed by atoms with Gasteiger partial charge in [0.25, 0.3) is 0 Å². The first-order valence-corrected chi connectivity index (χ1v) is 9.71. The number of ether oxygens (including phenoxy) is 2. The summed E-state index contributed by atoms with van der Waals surface area (Å²) in [4.78, 5) is 13.2. The fourth-order valence-corrected chi connectivity index (χ4v) is 6.41. The number of hydrogen-bond acceptors (Lipinski definition) is 4. The Morgan fingerprint density at radius 1 is 1.11 bits per heavy atom. The minimum absolute atomic E-state index is 0.0606. The Kier molecular flexibility index (Phi) is 3.63. The van der Waals surface area contributed by atoms with E-state index in [1.807, 2.05) is 12.1 Å². The van der Waals surface area contributed by atoms with Gasteiger partial charge >= 0.3 is 5.97 Å². The van der Waals surface area contributed by atoms with E-state index in [0.717, 1.165) is 25.1 Å². The van der Waals surface area contributed by atoms with Crippen LogP contribution < -0.4 is 10.1 Å². The lowest BCUT2D eigenvalue weighted by molar-refractivity contribution is -0.161. The minimum atomic E-state index is -0.485. The van der Waals surface area contributed by atoms with E-state index >= 15 is 0 Å². The molecule has 2 aromatic rings. The normalized spacial score (nSPS) is 33.3. The van der Waals surface area contributed by atoms with Crippen LogP contribution in [0, 0.1) is 11.3 Å². The summed E-state index contributed by atoms with van der Waals surface area (Å²) in [6.45, 7) is 1.53. The highest BCUT2D eigenvalue weighted by atomic mass is 16.5. The summed E-state index contributed by atoms with van der Waals surface area (Å²) in [7, 11) is 3.22. The van der Waals surface area contributed by atoms with E-state index in [2.05, 4.69) is 41.7 Å². The van der Waals surface area contributed by atoms with Gasteiger partial charge in [-0.3, -0.25) is 4.79 Å². The number of nitrogens with one attached hydrogen (secondary N) is 1. The molecule has 3 aliphatic carbocycles. The van der Waals surface area contributed by atoms with E-state index in [1.54, 1.807) is 7.11 Å². The second-order valence-electron chi connectivity index (χ2n) is 8.09. The molecule has 0 amide bonds. The standard InChI is InChI=1S/C23H25NO3/c1-26-16-9-7-15(8-10-16)22-12-11-19(17-5-3-4-6-18(17)22)23(21(25)27-2)14-24-13-20(22)23/h3-10,19-20,24H,11-14H2,1-2H3. The number of methoxy groups -OCH3 is 2. The van der Waals surface area contributed by atoms with Crippen LogP contribution in [0.25, 0.3) is 0 Å². The molecule has 2 bridgehead atoms. The van der Waals surface area contributed by atoms with Gasteiger partial charge in [-0.25, -0.2) is 0 Å². The first-order valence-electron chi connectivity index (χ1n) is 9.71. The molecule has 1 saturated heterocycles. The molecule has 2 aromatic carbocycles. The summed E-state index contributed by atoms with van der Waals surface area (Å²) in [5.41, 5.74) is 3.33. The molecule has 4 atom stereocenters. The molecular weight excluding hydrogens is 338 g/mol. The van der Waals surface area contributed by atoms with E-state index in [9.17, 15) is 4.79 Å². The molecule has 1 N–H and O–H groups in total. The first kappa shape index (κ1) is 16.8. The van der Waals surface area contributed by atoms with Gasteiger partial charge in [-0.05, 0) is 41.7 Å². The van der Waals surface area contributed by atoms with Gasteiger partial charge in [0.2, 0.25) is 0 Å². The average Bonchev–Trinajstić information content (AvgIpc) is 3.21. The predicted octanol–water partition coefficient (Wildman–Crippen LogP) is 3.25. The van der Waals surface area contributed by atoms with Crippen LogP contribution in [-0.4, -0.2) is 33.3 Å². The van der Waals surface area contributed by atoms with Crippen molar-refractivity contribution in [3.8, 4) is 5.75 Å². The summed E-state index contributed by atoms with van der Waals surface area (Å²) >= 11 is 0. The zero-order chi connectivity index (χ0) is 18.6. The molecule has 0 radical (unpaired) electrons. The molecule has 2 fully saturated rings. The molecule has 4 heteroatoms. The number of rotatable bonds is 3. The molecule has 6 rings (SSSR count). The number of esters is 1. The van der Waals surface area contributed by atoms with Gasteiger partial charge in [0.1, 0.15) is 5.75 Å². The van der Waals surface area contributed by atoms with Crippen LogP contribution in [0.4, 0.5) is 0 Å². The molecule has 4 unspecified atom stereocenters. The van der Waals surface area contributed by atoms with Crippen LogP contribution in [0.3, 0.4) is 0 Å². The second kappa shape index (κ2) is 5.83. The quantitative estimate of drug-likeness (QED) is 0.851. The van der Waals surface area contributed by atoms with Crippen molar-refractivity contribution in [2.24, 2.45) is 11.3 Å². The van der Waals surface area contributed by atoms with Gasteiger partial charge in [-0.15, -0.1) is 0 Å². The SMILES string of the molecule is COC(=O)C12CNCC1C1(c3ccc(OC)cc3)CCC2c2ccccc21. The third kappa shape index (κ3) is 1.94. The van der Waals surface area contributed by atoms with Gasteiger partial charge in [-0.1, -0.05) is 36.4 Å². The zero-order valence-electron chi connectivity index (χ0n) is 15.8. The molecule has 4 aliphatic rings. The summed E-state index contributed by atoms with van der Waals surface area (Å²) < 4.78 is 10.8. The van der Waals surface area contributed by atoms with Gasteiger partial charge in [0.15, 0.2) is 0 Å². The highest BCUT2D eigenvalue weighted by molar-refractivity contribution is 5.82. The molecule has 1 heterocycles. The molecular formula is C23H25NO3. The van der Waals surface area contributed by atoms with Crippen molar-refractivity contribution < 1.29 is 14.3 Å². The number of carbonyl (C=O) groups excluding carboxylic acids is 1. The Morgan fingerprint density at radius 2 is 1.89 bits per heavy atom. The number of carbonyl (C=O) groups is 1. The zero-order valence-corrected chi connectivity index (χ0v) is 15.8. The lowest BCUT2D eigenvalue weighted by Gasteiger charge is -2.59. The average molecular weight is 363 g/mol. The van der Waals surface area contributed by atoms with Crippen molar-refractivity contribution >= 4 is 5.97 Å². The molecule has 27 heavy (non-hydrogen) atoms. The topological polar surface area (TPSA) is 47.6 Å². The van der Waals surface area contributed by atoms with Gasteiger partial charge in [-0.2, -0.15) is 0 Å². The van der Waals surface area contributed by atoms with E-state index in [4.69, 9.17) is 9.47 Å². The summed E-state index contributed by atoms with van der Waals surface area (Å²) in [6.07, 6.45) is 2.07. The Labute approximate surface area is 159 Å². The summed E-state index contributed by atoms with van der Waals surface area (Å²) in [5, 5.41) is 3.55. The van der Waals surface area contributed by atoms with E-state index in [0.29, 0.717) is 6.54 Å². The van der Waals surface area contributed by atoms with Crippen LogP contribution in [0.2, 0.25) is 0 Å². The van der Waals surface area contributed by atoms with Crippen molar-refractivity contribution in [3.05, 3.63) is 65.2 Å². The summed E-state index contributed by atoms with van der Waals surface area (Å²) in [6, 6.07) is 17.2. The highest BCUT2D eigenvalue weighted by Crippen LogP contribution is 2.67. The fraction of sp³-hybridized carbons (Fsp3) is 0.435. The molecule has 1 aliphatic heterocycles. The van der Waals surface area contributed by atoms with Crippen LogP contribution in [0.5, 0.6) is 5.75 Å². The Balaban J connectivity index is 1.79. The Bertz CT molecular complexity index is 893. The fourth-order valence-electron chi connectivity index (χ4n) is 6.41. The van der Waals surface area contributed by atoms with Gasteiger partial charge in [0.05, 0.1) is 19.6 Å². The third-order valence-electron chi connectivity index (χ3n) is 7.42. The van der Waals surface area contributed by atoms with Crippen molar-refractivity contribution in [1.82, 2.24) is 5.32 Å². The highest BCUT2D eigenvalue weighted by Gasteiger charge is 2.69. The van der Waals surface area contributed by atoms with Crippen LogP contribution in [0.15, 0.2) is 48.5 Å². The Morgan fingerprint density at radius 3 is 2.63 bits per heavy atom. The van der Waals surface area contributed by atoms with E-state index in [1.165, 1.54) is 23.8 Å². The van der Waals surface area contributed by atoms with Crippen LogP contribution in [-0.2, 0) is 14.9 Å².